The van der Waals surface area contributed by atoms with Crippen LogP contribution in [-0.2, 0) is 6.04 Å². The Bertz CT molecular complexity index is 388. The first-order valence-corrected chi connectivity index (χ1v) is 10.9. The minimum atomic E-state index is -1.17. The Hall–Kier alpha value is -0.513. The molecule has 1 aliphatic heterocycles. The number of methoxy groups -OCH3 is 1. The third kappa shape index (κ3) is 5.47. The zero-order chi connectivity index (χ0) is 13.7. The SMILES string of the molecule is COc1ccc(C[Si](C)(C)CN2CCCCC2)cc1.Cl. The molecule has 0 bridgehead atoms. The number of benzene rings is 1. The fourth-order valence-corrected chi connectivity index (χ4v) is 6.05. The van der Waals surface area contributed by atoms with Crippen LogP contribution in [-0.4, -0.2) is 39.3 Å². The van der Waals surface area contributed by atoms with Crippen LogP contribution in [0.3, 0.4) is 0 Å². The summed E-state index contributed by atoms with van der Waals surface area (Å²) in [7, 11) is 0.552. The van der Waals surface area contributed by atoms with E-state index in [0.29, 0.717) is 0 Å². The number of halogens is 1. The van der Waals surface area contributed by atoms with Crippen molar-refractivity contribution in [2.24, 2.45) is 0 Å². The van der Waals surface area contributed by atoms with Crippen molar-refractivity contribution in [2.45, 2.75) is 38.4 Å². The molecule has 1 saturated heterocycles. The lowest BCUT2D eigenvalue weighted by molar-refractivity contribution is 0.258. The molecule has 1 aromatic carbocycles. The molecule has 1 heterocycles. The number of hydrogen-bond acceptors (Lipinski definition) is 2. The van der Waals surface area contributed by atoms with E-state index in [-0.39, 0.29) is 12.4 Å². The third-order valence-electron chi connectivity index (χ3n) is 3.94. The van der Waals surface area contributed by atoms with Gasteiger partial charge in [0.05, 0.1) is 15.2 Å². The van der Waals surface area contributed by atoms with Gasteiger partial charge in [-0.1, -0.05) is 37.2 Å². The maximum Gasteiger partial charge on any atom is 0.118 e. The second-order valence-electron chi connectivity index (χ2n) is 6.53. The molecule has 0 radical (unpaired) electrons. The molecule has 2 nitrogen and oxygen atoms in total. The zero-order valence-corrected chi connectivity index (χ0v) is 14.8. The smallest absolute Gasteiger partial charge is 0.118 e. The van der Waals surface area contributed by atoms with Crippen molar-refractivity contribution in [2.75, 3.05) is 26.4 Å². The molecule has 20 heavy (non-hydrogen) atoms. The average Bonchev–Trinajstić information content (AvgIpc) is 2.39. The molecule has 0 spiro atoms. The molecule has 1 aromatic rings. The fraction of sp³-hybridized carbons (Fsp3) is 0.625. The zero-order valence-electron chi connectivity index (χ0n) is 13.0. The van der Waals surface area contributed by atoms with Gasteiger partial charge in [-0.05, 0) is 50.3 Å². The van der Waals surface area contributed by atoms with E-state index in [0.717, 1.165) is 5.75 Å². The molecule has 114 valence electrons. The summed E-state index contributed by atoms with van der Waals surface area (Å²) in [4.78, 5) is 2.69. The summed E-state index contributed by atoms with van der Waals surface area (Å²) in [5, 5.41) is 0. The number of nitrogens with zero attached hydrogens (tertiary/aromatic N) is 1. The second kappa shape index (κ2) is 8.06. The predicted molar refractivity (Wildman–Crippen MR) is 91.7 cm³/mol. The fourth-order valence-electron chi connectivity index (χ4n) is 3.07. The summed E-state index contributed by atoms with van der Waals surface area (Å²) in [5.41, 5.74) is 1.47. The van der Waals surface area contributed by atoms with Gasteiger partial charge in [0.25, 0.3) is 0 Å². The molecule has 2 rings (SSSR count). The topological polar surface area (TPSA) is 12.5 Å². The van der Waals surface area contributed by atoms with E-state index in [9.17, 15) is 0 Å². The van der Waals surface area contributed by atoms with Crippen LogP contribution in [0.2, 0.25) is 13.1 Å². The molecule has 0 N–H and O–H groups in total. The molecule has 0 amide bonds. The minimum absolute atomic E-state index is 0. The van der Waals surface area contributed by atoms with Crippen LogP contribution >= 0.6 is 12.4 Å². The first-order valence-electron chi connectivity index (χ1n) is 7.44. The lowest BCUT2D eigenvalue weighted by Crippen LogP contribution is -2.46. The number of ether oxygens (including phenoxy) is 1. The van der Waals surface area contributed by atoms with E-state index < -0.39 is 8.07 Å². The van der Waals surface area contributed by atoms with E-state index in [1.54, 1.807) is 7.11 Å². The largest absolute Gasteiger partial charge is 0.497 e. The van der Waals surface area contributed by atoms with E-state index in [1.807, 2.05) is 0 Å². The van der Waals surface area contributed by atoms with Crippen LogP contribution in [0, 0.1) is 0 Å². The van der Waals surface area contributed by atoms with Crippen molar-refractivity contribution in [3.8, 4) is 5.75 Å². The van der Waals surface area contributed by atoms with Gasteiger partial charge in [-0.15, -0.1) is 12.4 Å². The summed E-state index contributed by atoms with van der Waals surface area (Å²) in [6.45, 7) is 7.68. The monoisotopic (exact) mass is 313 g/mol. The molecule has 4 heteroatoms. The summed E-state index contributed by atoms with van der Waals surface area (Å²) >= 11 is 0. The van der Waals surface area contributed by atoms with Crippen LogP contribution in [0.5, 0.6) is 5.75 Å². The van der Waals surface area contributed by atoms with Crippen molar-refractivity contribution in [1.82, 2.24) is 4.90 Å². The Labute approximate surface area is 130 Å². The van der Waals surface area contributed by atoms with Gasteiger partial charge in [0.1, 0.15) is 5.75 Å². The van der Waals surface area contributed by atoms with E-state index in [4.69, 9.17) is 4.74 Å². The Morgan fingerprint density at radius 3 is 2.20 bits per heavy atom. The van der Waals surface area contributed by atoms with Gasteiger partial charge in [-0.2, -0.15) is 0 Å². The van der Waals surface area contributed by atoms with Gasteiger partial charge in [-0.25, -0.2) is 0 Å². The van der Waals surface area contributed by atoms with Crippen LogP contribution in [0.1, 0.15) is 24.8 Å². The minimum Gasteiger partial charge on any atom is -0.497 e. The van der Waals surface area contributed by atoms with Crippen LogP contribution in [0.15, 0.2) is 24.3 Å². The normalized spacial score (nSPS) is 16.6. The predicted octanol–water partition coefficient (Wildman–Crippen LogP) is 3.93. The van der Waals surface area contributed by atoms with Gasteiger partial charge in [0.15, 0.2) is 0 Å². The highest BCUT2D eigenvalue weighted by atomic mass is 35.5. The van der Waals surface area contributed by atoms with Crippen molar-refractivity contribution < 1.29 is 4.74 Å². The molecule has 0 unspecified atom stereocenters. The molecular formula is C16H28ClNOSi. The van der Waals surface area contributed by atoms with Crippen molar-refractivity contribution >= 4 is 20.5 Å². The van der Waals surface area contributed by atoms with Crippen molar-refractivity contribution in [3.63, 3.8) is 0 Å². The Kier molecular flexibility index (Phi) is 7.07. The number of hydrogen-bond donors (Lipinski definition) is 0. The van der Waals surface area contributed by atoms with Crippen molar-refractivity contribution in [1.29, 1.82) is 0 Å². The number of rotatable bonds is 5. The van der Waals surface area contributed by atoms with E-state index in [2.05, 4.69) is 42.3 Å². The average molecular weight is 314 g/mol. The quantitative estimate of drug-likeness (QED) is 0.764. The highest BCUT2D eigenvalue weighted by Crippen LogP contribution is 2.19. The molecule has 0 atom stereocenters. The Balaban J connectivity index is 0.00000200. The maximum absolute atomic E-state index is 5.22. The van der Waals surface area contributed by atoms with E-state index >= 15 is 0 Å². The summed E-state index contributed by atoms with van der Waals surface area (Å²) in [6, 6.07) is 9.89. The van der Waals surface area contributed by atoms with Crippen molar-refractivity contribution in [3.05, 3.63) is 29.8 Å². The van der Waals surface area contributed by atoms with Gasteiger partial charge >= 0.3 is 0 Å². The number of likely N-dealkylation sites (tertiary alicyclic amines) is 1. The molecule has 1 fully saturated rings. The lowest BCUT2D eigenvalue weighted by atomic mass is 10.1. The van der Waals surface area contributed by atoms with Crippen LogP contribution < -0.4 is 4.74 Å². The van der Waals surface area contributed by atoms with Gasteiger partial charge in [0.2, 0.25) is 0 Å². The van der Waals surface area contributed by atoms with Crippen LogP contribution in [0.25, 0.3) is 0 Å². The highest BCUT2D eigenvalue weighted by Gasteiger charge is 2.25. The Morgan fingerprint density at radius 2 is 1.65 bits per heavy atom. The molecular weight excluding hydrogens is 286 g/mol. The molecule has 0 saturated carbocycles. The highest BCUT2D eigenvalue weighted by molar-refractivity contribution is 6.77. The van der Waals surface area contributed by atoms with Crippen LogP contribution in [0.4, 0.5) is 0 Å². The lowest BCUT2D eigenvalue weighted by Gasteiger charge is -2.33. The summed E-state index contributed by atoms with van der Waals surface area (Å²) in [5.74, 6) is 0.958. The first kappa shape index (κ1) is 17.5. The standard InChI is InChI=1S/C16H27NOSi.ClH/c1-18-16-9-7-15(8-10-16)13-19(2,3)14-17-11-5-4-6-12-17;/h7-10H,4-6,11-14H2,1-3H3;1H. The Morgan fingerprint density at radius 1 is 1.05 bits per heavy atom. The van der Waals surface area contributed by atoms with E-state index in [1.165, 1.54) is 50.1 Å². The van der Waals surface area contributed by atoms with Gasteiger partial charge < -0.3 is 9.64 Å². The number of piperidine rings is 1. The van der Waals surface area contributed by atoms with Gasteiger partial charge in [-0.3, -0.25) is 0 Å². The maximum atomic E-state index is 5.22. The second-order valence-corrected chi connectivity index (χ2v) is 11.5. The molecule has 0 aromatic heterocycles. The first-order chi connectivity index (χ1) is 9.09. The summed E-state index contributed by atoms with van der Waals surface area (Å²) in [6.07, 6.45) is 5.57. The van der Waals surface area contributed by atoms with Gasteiger partial charge in [0, 0.05) is 0 Å². The summed E-state index contributed by atoms with van der Waals surface area (Å²) < 4.78 is 5.22. The molecule has 1 aliphatic rings. The third-order valence-corrected chi connectivity index (χ3v) is 6.61. The molecule has 0 aliphatic carbocycles.